The molecule has 4 rings (SSSR count). The Hall–Kier alpha value is -2.54. The van der Waals surface area contributed by atoms with Crippen molar-refractivity contribution in [3.8, 4) is 5.75 Å². The molecule has 1 aromatic heterocycles. The van der Waals surface area contributed by atoms with Gasteiger partial charge in [0.25, 0.3) is 5.91 Å². The minimum Gasteiger partial charge on any atom is -0.497 e. The molecule has 0 bridgehead atoms. The van der Waals surface area contributed by atoms with Crippen molar-refractivity contribution in [2.45, 2.75) is 31.7 Å². The average molecular weight is 416 g/mol. The molecule has 0 aliphatic carbocycles. The molecule has 29 heavy (non-hydrogen) atoms. The molecule has 1 aromatic carbocycles. The lowest BCUT2D eigenvalue weighted by molar-refractivity contribution is 0.0926. The van der Waals surface area contributed by atoms with Gasteiger partial charge in [0.2, 0.25) is 5.95 Å². The summed E-state index contributed by atoms with van der Waals surface area (Å²) < 4.78 is 5.22. The SMILES string of the molecule is COc1ccc(N2CCC(NC(=O)c3nc(N4CCCC4)ncc3Cl)CC2)cc1. The predicted octanol–water partition coefficient (Wildman–Crippen LogP) is 3.14. The number of piperidine rings is 1. The van der Waals surface area contributed by atoms with Crippen molar-refractivity contribution in [1.29, 1.82) is 0 Å². The van der Waals surface area contributed by atoms with E-state index in [0.29, 0.717) is 11.0 Å². The van der Waals surface area contributed by atoms with Crippen molar-refractivity contribution in [3.05, 3.63) is 41.2 Å². The van der Waals surface area contributed by atoms with Crippen molar-refractivity contribution < 1.29 is 9.53 Å². The molecule has 8 heteroatoms. The van der Waals surface area contributed by atoms with Gasteiger partial charge in [-0.15, -0.1) is 0 Å². The molecule has 2 aliphatic rings. The Morgan fingerprint density at radius 2 is 1.79 bits per heavy atom. The molecule has 1 N–H and O–H groups in total. The van der Waals surface area contributed by atoms with E-state index >= 15 is 0 Å². The third-order valence-electron chi connectivity index (χ3n) is 5.60. The average Bonchev–Trinajstić information content (AvgIpc) is 3.29. The number of methoxy groups -OCH3 is 1. The number of carbonyl (C=O) groups is 1. The van der Waals surface area contributed by atoms with E-state index < -0.39 is 0 Å². The first kappa shape index (κ1) is 19.8. The molecule has 0 spiro atoms. The second-order valence-electron chi connectivity index (χ2n) is 7.49. The van der Waals surface area contributed by atoms with Crippen molar-refractivity contribution >= 4 is 29.1 Å². The van der Waals surface area contributed by atoms with Crippen molar-refractivity contribution in [2.75, 3.05) is 43.1 Å². The molecule has 0 atom stereocenters. The molecule has 0 saturated carbocycles. The number of ether oxygens (including phenoxy) is 1. The number of aromatic nitrogens is 2. The largest absolute Gasteiger partial charge is 0.497 e. The molecule has 154 valence electrons. The summed E-state index contributed by atoms with van der Waals surface area (Å²) >= 11 is 6.22. The number of carbonyl (C=O) groups excluding carboxylic acids is 1. The molecule has 2 fully saturated rings. The first-order valence-electron chi connectivity index (χ1n) is 10.1. The second kappa shape index (κ2) is 8.86. The highest BCUT2D eigenvalue weighted by Crippen LogP contribution is 2.24. The standard InChI is InChI=1S/C21H26ClN5O2/c1-29-17-6-4-16(5-7-17)26-12-8-15(9-13-26)24-20(28)19-18(22)14-23-21(25-19)27-10-2-3-11-27/h4-7,14-15H,2-3,8-13H2,1H3,(H,24,28). The third-order valence-corrected chi connectivity index (χ3v) is 5.88. The van der Waals surface area contributed by atoms with E-state index in [1.54, 1.807) is 7.11 Å². The van der Waals surface area contributed by atoms with Crippen molar-refractivity contribution in [1.82, 2.24) is 15.3 Å². The smallest absolute Gasteiger partial charge is 0.271 e. The lowest BCUT2D eigenvalue weighted by Crippen LogP contribution is -2.45. The van der Waals surface area contributed by atoms with Gasteiger partial charge in [0.15, 0.2) is 5.69 Å². The topological polar surface area (TPSA) is 70.6 Å². The third kappa shape index (κ3) is 4.56. The first-order valence-corrected chi connectivity index (χ1v) is 10.5. The van der Waals surface area contributed by atoms with E-state index in [-0.39, 0.29) is 17.6 Å². The molecule has 3 heterocycles. The molecule has 2 aromatic rings. The highest BCUT2D eigenvalue weighted by atomic mass is 35.5. The van der Waals surface area contributed by atoms with Crippen molar-refractivity contribution in [2.24, 2.45) is 0 Å². The number of anilines is 2. The molecular weight excluding hydrogens is 390 g/mol. The summed E-state index contributed by atoms with van der Waals surface area (Å²) in [5.41, 5.74) is 1.44. The fourth-order valence-corrected chi connectivity index (χ4v) is 4.09. The van der Waals surface area contributed by atoms with Crippen molar-refractivity contribution in [3.63, 3.8) is 0 Å². The van der Waals surface area contributed by atoms with E-state index in [0.717, 1.165) is 57.6 Å². The van der Waals surface area contributed by atoms with E-state index in [9.17, 15) is 4.79 Å². The van der Waals surface area contributed by atoms with E-state index in [4.69, 9.17) is 16.3 Å². The minimum absolute atomic E-state index is 0.110. The van der Waals surface area contributed by atoms with Crippen LogP contribution in [0.2, 0.25) is 5.02 Å². The Morgan fingerprint density at radius 1 is 1.10 bits per heavy atom. The van der Waals surface area contributed by atoms with Gasteiger partial charge in [0, 0.05) is 37.9 Å². The summed E-state index contributed by atoms with van der Waals surface area (Å²) in [4.78, 5) is 26.0. The number of hydrogen-bond donors (Lipinski definition) is 1. The zero-order chi connectivity index (χ0) is 20.2. The number of amides is 1. The maximum absolute atomic E-state index is 12.8. The Morgan fingerprint density at radius 3 is 2.45 bits per heavy atom. The number of halogens is 1. The molecule has 0 radical (unpaired) electrons. The van der Waals surface area contributed by atoms with Crippen LogP contribution < -0.4 is 19.9 Å². The molecule has 7 nitrogen and oxygen atoms in total. The Labute approximate surface area is 176 Å². The lowest BCUT2D eigenvalue weighted by atomic mass is 10.0. The monoisotopic (exact) mass is 415 g/mol. The Balaban J connectivity index is 1.35. The van der Waals surface area contributed by atoms with Crippen LogP contribution in [0, 0.1) is 0 Å². The lowest BCUT2D eigenvalue weighted by Gasteiger charge is -2.34. The number of hydrogen-bond acceptors (Lipinski definition) is 6. The molecule has 1 amide bonds. The molecule has 0 unspecified atom stereocenters. The summed E-state index contributed by atoms with van der Waals surface area (Å²) in [6.45, 7) is 3.61. The maximum atomic E-state index is 12.8. The first-order chi connectivity index (χ1) is 14.1. The number of benzene rings is 1. The highest BCUT2D eigenvalue weighted by molar-refractivity contribution is 6.33. The van der Waals surface area contributed by atoms with Gasteiger partial charge in [-0.1, -0.05) is 11.6 Å². The number of nitrogens with one attached hydrogen (secondary N) is 1. The van der Waals surface area contributed by atoms with Crippen LogP contribution in [0.3, 0.4) is 0 Å². The van der Waals surface area contributed by atoms with Crippen LogP contribution in [0.15, 0.2) is 30.5 Å². The summed E-state index contributed by atoms with van der Waals surface area (Å²) in [6.07, 6.45) is 5.53. The van der Waals surface area contributed by atoms with E-state index in [1.807, 2.05) is 12.1 Å². The van der Waals surface area contributed by atoms with Gasteiger partial charge >= 0.3 is 0 Å². The van der Waals surface area contributed by atoms with E-state index in [1.165, 1.54) is 11.9 Å². The van der Waals surface area contributed by atoms with Crippen LogP contribution in [0.4, 0.5) is 11.6 Å². The van der Waals surface area contributed by atoms with Gasteiger partial charge in [-0.05, 0) is 49.9 Å². The fraction of sp³-hybridized carbons (Fsp3) is 0.476. The Bertz CT molecular complexity index is 847. The van der Waals surface area contributed by atoms with Gasteiger partial charge < -0.3 is 19.9 Å². The molecular formula is C21H26ClN5O2. The van der Waals surface area contributed by atoms with Gasteiger partial charge in [0.1, 0.15) is 5.75 Å². The normalized spacial score (nSPS) is 17.4. The van der Waals surface area contributed by atoms with Crippen LogP contribution in [-0.4, -0.2) is 55.2 Å². The maximum Gasteiger partial charge on any atom is 0.271 e. The van der Waals surface area contributed by atoms with Crippen LogP contribution in [-0.2, 0) is 0 Å². The fourth-order valence-electron chi connectivity index (χ4n) is 3.92. The van der Waals surface area contributed by atoms with Gasteiger partial charge in [-0.3, -0.25) is 4.79 Å². The zero-order valence-electron chi connectivity index (χ0n) is 16.6. The minimum atomic E-state index is -0.222. The van der Waals surface area contributed by atoms with Crippen LogP contribution in [0.1, 0.15) is 36.2 Å². The number of nitrogens with zero attached hydrogens (tertiary/aromatic N) is 4. The molecule has 2 aliphatic heterocycles. The Kier molecular flexibility index (Phi) is 6.04. The quantitative estimate of drug-likeness (QED) is 0.808. The summed E-state index contributed by atoms with van der Waals surface area (Å²) in [6, 6.07) is 8.19. The van der Waals surface area contributed by atoms with Crippen LogP contribution >= 0.6 is 11.6 Å². The number of rotatable bonds is 5. The van der Waals surface area contributed by atoms with E-state index in [2.05, 4.69) is 37.2 Å². The second-order valence-corrected chi connectivity index (χ2v) is 7.90. The summed E-state index contributed by atoms with van der Waals surface area (Å²) in [5, 5.41) is 3.40. The predicted molar refractivity (Wildman–Crippen MR) is 114 cm³/mol. The summed E-state index contributed by atoms with van der Waals surface area (Å²) in [7, 11) is 1.67. The highest BCUT2D eigenvalue weighted by Gasteiger charge is 2.24. The van der Waals surface area contributed by atoms with Gasteiger partial charge in [-0.25, -0.2) is 9.97 Å². The summed E-state index contributed by atoms with van der Waals surface area (Å²) in [5.74, 6) is 1.22. The van der Waals surface area contributed by atoms with Gasteiger partial charge in [0.05, 0.1) is 18.3 Å². The molecule has 2 saturated heterocycles. The zero-order valence-corrected chi connectivity index (χ0v) is 17.4. The van der Waals surface area contributed by atoms with Crippen LogP contribution in [0.5, 0.6) is 5.75 Å². The van der Waals surface area contributed by atoms with Gasteiger partial charge in [-0.2, -0.15) is 0 Å². The van der Waals surface area contributed by atoms with Crippen LogP contribution in [0.25, 0.3) is 0 Å².